The Hall–Kier alpha value is -0.410. The van der Waals surface area contributed by atoms with Crippen molar-refractivity contribution in [2.75, 3.05) is 6.54 Å². The molecule has 0 saturated heterocycles. The van der Waals surface area contributed by atoms with Crippen LogP contribution in [0.25, 0.3) is 0 Å². The number of nitrogens with two attached hydrogens (primary N) is 1. The molecule has 1 unspecified atom stereocenters. The van der Waals surface area contributed by atoms with E-state index in [-0.39, 0.29) is 5.41 Å². The second-order valence-electron chi connectivity index (χ2n) is 3.93. The first-order valence-corrected chi connectivity index (χ1v) is 5.58. The van der Waals surface area contributed by atoms with Crippen LogP contribution in [0.1, 0.15) is 31.0 Å². The Labute approximate surface area is 84.2 Å². The maximum atomic E-state index is 5.75. The Morgan fingerprint density at radius 1 is 1.62 bits per heavy atom. The zero-order chi connectivity index (χ0) is 9.90. The molecular weight excluding hydrogens is 180 g/mol. The molecule has 0 aliphatic heterocycles. The van der Waals surface area contributed by atoms with E-state index in [0.29, 0.717) is 0 Å². The molecule has 0 saturated carbocycles. The lowest BCUT2D eigenvalue weighted by molar-refractivity contribution is 0.320. The molecule has 0 amide bonds. The molecule has 0 bridgehead atoms. The van der Waals surface area contributed by atoms with Gasteiger partial charge in [0.15, 0.2) is 0 Å². The molecule has 0 aromatic carbocycles. The van der Waals surface area contributed by atoms with Gasteiger partial charge >= 0.3 is 0 Å². The first-order valence-electron chi connectivity index (χ1n) is 4.71. The summed E-state index contributed by atoms with van der Waals surface area (Å²) in [6, 6.07) is 0. The minimum atomic E-state index is 0.226. The van der Waals surface area contributed by atoms with E-state index >= 15 is 0 Å². The normalized spacial score (nSPS) is 15.7. The van der Waals surface area contributed by atoms with Gasteiger partial charge in [0.05, 0.1) is 5.01 Å². The van der Waals surface area contributed by atoms with Gasteiger partial charge in [-0.1, -0.05) is 13.8 Å². The monoisotopic (exact) mass is 198 g/mol. The van der Waals surface area contributed by atoms with E-state index in [1.807, 2.05) is 6.92 Å². The summed E-state index contributed by atoms with van der Waals surface area (Å²) >= 11 is 1.74. The lowest BCUT2D eigenvalue weighted by atomic mass is 9.84. The zero-order valence-corrected chi connectivity index (χ0v) is 9.45. The first-order chi connectivity index (χ1) is 6.09. The fourth-order valence-corrected chi connectivity index (χ4v) is 2.18. The number of rotatable bonds is 4. The molecule has 1 aromatic rings. The van der Waals surface area contributed by atoms with Crippen molar-refractivity contribution in [2.45, 2.75) is 33.6 Å². The molecule has 0 spiro atoms. The minimum absolute atomic E-state index is 0.226. The van der Waals surface area contributed by atoms with Crippen LogP contribution >= 0.6 is 11.3 Å². The van der Waals surface area contributed by atoms with Crippen molar-refractivity contribution in [1.82, 2.24) is 4.98 Å². The molecular formula is C10H18N2S. The molecule has 2 N–H and O–H groups in total. The third-order valence-electron chi connectivity index (χ3n) is 2.59. The molecule has 1 atom stereocenters. The van der Waals surface area contributed by atoms with E-state index in [0.717, 1.165) is 25.1 Å². The Balaban J connectivity index is 2.67. The fraction of sp³-hybridized carbons (Fsp3) is 0.700. The van der Waals surface area contributed by atoms with E-state index in [1.165, 1.54) is 5.01 Å². The van der Waals surface area contributed by atoms with Crippen LogP contribution in [0.15, 0.2) is 5.38 Å². The second-order valence-corrected chi connectivity index (χ2v) is 4.87. The SMILES string of the molecule is CCC(C)(CN)Cc1nc(C)cs1. The summed E-state index contributed by atoms with van der Waals surface area (Å²) in [6.07, 6.45) is 2.13. The van der Waals surface area contributed by atoms with Gasteiger partial charge in [0, 0.05) is 17.5 Å². The van der Waals surface area contributed by atoms with E-state index in [1.54, 1.807) is 11.3 Å². The summed E-state index contributed by atoms with van der Waals surface area (Å²) in [4.78, 5) is 4.45. The summed E-state index contributed by atoms with van der Waals surface area (Å²) in [5.41, 5.74) is 7.10. The summed E-state index contributed by atoms with van der Waals surface area (Å²) in [7, 11) is 0. The van der Waals surface area contributed by atoms with Gasteiger partial charge in [-0.05, 0) is 25.3 Å². The van der Waals surface area contributed by atoms with Gasteiger partial charge in [-0.15, -0.1) is 11.3 Å². The van der Waals surface area contributed by atoms with Crippen LogP contribution in [0.4, 0.5) is 0 Å². The molecule has 0 radical (unpaired) electrons. The van der Waals surface area contributed by atoms with Gasteiger partial charge in [-0.25, -0.2) is 4.98 Å². The van der Waals surface area contributed by atoms with Crippen molar-refractivity contribution >= 4 is 11.3 Å². The van der Waals surface area contributed by atoms with Crippen molar-refractivity contribution < 1.29 is 0 Å². The van der Waals surface area contributed by atoms with Gasteiger partial charge in [0.2, 0.25) is 0 Å². The lowest BCUT2D eigenvalue weighted by Gasteiger charge is -2.24. The maximum Gasteiger partial charge on any atom is 0.0934 e. The van der Waals surface area contributed by atoms with Crippen LogP contribution in [-0.2, 0) is 6.42 Å². The molecule has 2 nitrogen and oxygen atoms in total. The predicted octanol–water partition coefficient (Wildman–Crippen LogP) is 2.37. The third kappa shape index (κ3) is 2.78. The fourth-order valence-electron chi connectivity index (χ4n) is 1.19. The van der Waals surface area contributed by atoms with Crippen molar-refractivity contribution in [3.63, 3.8) is 0 Å². The molecule has 0 aliphatic carbocycles. The Morgan fingerprint density at radius 3 is 2.69 bits per heavy atom. The summed E-state index contributed by atoms with van der Waals surface area (Å²) in [5, 5.41) is 3.31. The van der Waals surface area contributed by atoms with Gasteiger partial charge in [-0.3, -0.25) is 0 Å². The van der Waals surface area contributed by atoms with E-state index in [2.05, 4.69) is 24.2 Å². The predicted molar refractivity (Wildman–Crippen MR) is 58.0 cm³/mol. The average molecular weight is 198 g/mol. The first kappa shape index (κ1) is 10.7. The molecule has 1 rings (SSSR count). The largest absolute Gasteiger partial charge is 0.330 e. The van der Waals surface area contributed by atoms with E-state index < -0.39 is 0 Å². The van der Waals surface area contributed by atoms with Crippen molar-refractivity contribution in [2.24, 2.45) is 11.1 Å². The van der Waals surface area contributed by atoms with Gasteiger partial charge in [0.25, 0.3) is 0 Å². The molecule has 13 heavy (non-hydrogen) atoms. The standard InChI is InChI=1S/C10H18N2S/c1-4-10(3,7-11)5-9-12-8(2)6-13-9/h6H,4-5,7,11H2,1-3H3. The second kappa shape index (κ2) is 4.20. The quantitative estimate of drug-likeness (QED) is 0.806. The van der Waals surface area contributed by atoms with Gasteiger partial charge < -0.3 is 5.73 Å². The number of aryl methyl sites for hydroxylation is 1. The van der Waals surface area contributed by atoms with E-state index in [4.69, 9.17) is 5.73 Å². The lowest BCUT2D eigenvalue weighted by Crippen LogP contribution is -2.28. The number of nitrogens with zero attached hydrogens (tertiary/aromatic N) is 1. The molecule has 1 aromatic heterocycles. The maximum absolute atomic E-state index is 5.75. The highest BCUT2D eigenvalue weighted by molar-refractivity contribution is 7.09. The molecule has 74 valence electrons. The highest BCUT2D eigenvalue weighted by Gasteiger charge is 2.21. The molecule has 3 heteroatoms. The molecule has 1 heterocycles. The summed E-state index contributed by atoms with van der Waals surface area (Å²) in [6.45, 7) is 7.19. The van der Waals surface area contributed by atoms with Crippen LogP contribution in [-0.4, -0.2) is 11.5 Å². The van der Waals surface area contributed by atoms with E-state index in [9.17, 15) is 0 Å². The number of hydrogen-bond acceptors (Lipinski definition) is 3. The van der Waals surface area contributed by atoms with Crippen LogP contribution in [0, 0.1) is 12.3 Å². The molecule has 0 fully saturated rings. The number of hydrogen-bond donors (Lipinski definition) is 1. The van der Waals surface area contributed by atoms with Gasteiger partial charge in [-0.2, -0.15) is 0 Å². The van der Waals surface area contributed by atoms with Crippen LogP contribution in [0.3, 0.4) is 0 Å². The summed E-state index contributed by atoms with van der Waals surface area (Å²) in [5.74, 6) is 0. The Morgan fingerprint density at radius 2 is 2.31 bits per heavy atom. The summed E-state index contributed by atoms with van der Waals surface area (Å²) < 4.78 is 0. The zero-order valence-electron chi connectivity index (χ0n) is 8.63. The smallest absolute Gasteiger partial charge is 0.0934 e. The minimum Gasteiger partial charge on any atom is -0.330 e. The van der Waals surface area contributed by atoms with Crippen molar-refractivity contribution in [3.8, 4) is 0 Å². The van der Waals surface area contributed by atoms with Crippen LogP contribution in [0.2, 0.25) is 0 Å². The Kier molecular flexibility index (Phi) is 3.45. The van der Waals surface area contributed by atoms with Crippen LogP contribution in [0.5, 0.6) is 0 Å². The Bertz CT molecular complexity index is 264. The van der Waals surface area contributed by atoms with Crippen molar-refractivity contribution in [1.29, 1.82) is 0 Å². The average Bonchev–Trinajstić information content (AvgIpc) is 2.51. The number of thiazole rings is 1. The molecule has 0 aliphatic rings. The van der Waals surface area contributed by atoms with Crippen LogP contribution < -0.4 is 5.73 Å². The highest BCUT2D eigenvalue weighted by atomic mass is 32.1. The highest BCUT2D eigenvalue weighted by Crippen LogP contribution is 2.26. The van der Waals surface area contributed by atoms with Crippen molar-refractivity contribution in [3.05, 3.63) is 16.1 Å². The third-order valence-corrected chi connectivity index (χ3v) is 3.56. The number of aromatic nitrogens is 1. The van der Waals surface area contributed by atoms with Gasteiger partial charge in [0.1, 0.15) is 0 Å². The topological polar surface area (TPSA) is 38.9 Å².